The van der Waals surface area contributed by atoms with Crippen molar-refractivity contribution in [1.29, 1.82) is 0 Å². The summed E-state index contributed by atoms with van der Waals surface area (Å²) in [4.78, 5) is 2.47. The summed E-state index contributed by atoms with van der Waals surface area (Å²) in [6.45, 7) is 4.64. The van der Waals surface area contributed by atoms with Crippen molar-refractivity contribution in [1.82, 2.24) is 4.31 Å². The fourth-order valence-corrected chi connectivity index (χ4v) is 4.44. The molecule has 3 rings (SSSR count). The molecule has 0 atom stereocenters. The first kappa shape index (κ1) is 18.5. The Hall–Kier alpha value is -2.25. The van der Waals surface area contributed by atoms with Gasteiger partial charge in [-0.15, -0.1) is 0 Å². The molecule has 0 saturated carbocycles. The Bertz CT molecular complexity index is 829. The Morgan fingerprint density at radius 1 is 0.962 bits per heavy atom. The summed E-state index contributed by atoms with van der Waals surface area (Å²) < 4.78 is 37.9. The third-order valence-corrected chi connectivity index (χ3v) is 6.34. The SMILES string of the molecule is CCOc1ccc(S(=O)(=O)N2CCN(c3cccc(OC)c3)CC2)cc1. The number of benzene rings is 2. The number of ether oxygens (including phenoxy) is 2. The summed E-state index contributed by atoms with van der Waals surface area (Å²) in [6, 6.07) is 14.4. The Kier molecular flexibility index (Phi) is 5.68. The highest BCUT2D eigenvalue weighted by Gasteiger charge is 2.28. The molecule has 1 aliphatic heterocycles. The van der Waals surface area contributed by atoms with E-state index < -0.39 is 10.0 Å². The van der Waals surface area contributed by atoms with Crippen LogP contribution in [0.3, 0.4) is 0 Å². The fraction of sp³-hybridized carbons (Fsp3) is 0.368. The van der Waals surface area contributed by atoms with E-state index in [1.54, 1.807) is 35.7 Å². The van der Waals surface area contributed by atoms with Crippen LogP contribution >= 0.6 is 0 Å². The molecule has 0 bridgehead atoms. The van der Waals surface area contributed by atoms with E-state index in [-0.39, 0.29) is 0 Å². The topological polar surface area (TPSA) is 59.1 Å². The van der Waals surface area contributed by atoms with Crippen LogP contribution in [-0.4, -0.2) is 52.6 Å². The number of piperazine rings is 1. The number of hydrogen-bond donors (Lipinski definition) is 0. The van der Waals surface area contributed by atoms with Gasteiger partial charge >= 0.3 is 0 Å². The molecule has 1 saturated heterocycles. The van der Waals surface area contributed by atoms with E-state index in [1.807, 2.05) is 31.2 Å². The van der Waals surface area contributed by atoms with E-state index >= 15 is 0 Å². The number of nitrogens with zero attached hydrogens (tertiary/aromatic N) is 2. The number of anilines is 1. The highest BCUT2D eigenvalue weighted by atomic mass is 32.2. The minimum atomic E-state index is -3.49. The standard InChI is InChI=1S/C19H24N2O4S/c1-3-25-17-7-9-19(10-8-17)26(22,23)21-13-11-20(12-14-21)16-5-4-6-18(15-16)24-2/h4-10,15H,3,11-14H2,1-2H3. The number of sulfonamides is 1. The maximum absolute atomic E-state index is 12.8. The lowest BCUT2D eigenvalue weighted by Crippen LogP contribution is -2.48. The van der Waals surface area contributed by atoms with Gasteiger partial charge in [-0.25, -0.2) is 8.42 Å². The quantitative estimate of drug-likeness (QED) is 0.776. The van der Waals surface area contributed by atoms with Gasteiger partial charge in [-0.05, 0) is 43.3 Å². The smallest absolute Gasteiger partial charge is 0.243 e. The predicted molar refractivity (Wildman–Crippen MR) is 102 cm³/mol. The molecule has 2 aromatic rings. The molecule has 0 aliphatic carbocycles. The van der Waals surface area contributed by atoms with Gasteiger partial charge in [0.25, 0.3) is 0 Å². The predicted octanol–water partition coefficient (Wildman–Crippen LogP) is 2.60. The highest BCUT2D eigenvalue weighted by molar-refractivity contribution is 7.89. The molecule has 0 radical (unpaired) electrons. The molecule has 140 valence electrons. The van der Waals surface area contributed by atoms with Crippen molar-refractivity contribution in [3.05, 3.63) is 48.5 Å². The Morgan fingerprint density at radius 3 is 2.27 bits per heavy atom. The molecular formula is C19H24N2O4S. The molecule has 2 aromatic carbocycles. The second-order valence-electron chi connectivity index (χ2n) is 6.00. The van der Waals surface area contributed by atoms with Gasteiger partial charge in [0.2, 0.25) is 10.0 Å². The molecular weight excluding hydrogens is 352 g/mol. The van der Waals surface area contributed by atoms with E-state index in [0.29, 0.717) is 43.4 Å². The lowest BCUT2D eigenvalue weighted by molar-refractivity contribution is 0.340. The van der Waals surface area contributed by atoms with Crippen LogP contribution in [0.15, 0.2) is 53.4 Å². The van der Waals surface area contributed by atoms with Gasteiger partial charge in [-0.3, -0.25) is 0 Å². The molecule has 0 amide bonds. The van der Waals surface area contributed by atoms with E-state index in [0.717, 1.165) is 11.4 Å². The van der Waals surface area contributed by atoms with Gasteiger partial charge in [-0.2, -0.15) is 4.31 Å². The van der Waals surface area contributed by atoms with E-state index in [2.05, 4.69) is 4.90 Å². The molecule has 26 heavy (non-hydrogen) atoms. The second-order valence-corrected chi connectivity index (χ2v) is 7.93. The van der Waals surface area contributed by atoms with Crippen molar-refractivity contribution in [3.8, 4) is 11.5 Å². The summed E-state index contributed by atoms with van der Waals surface area (Å²) in [7, 11) is -1.85. The number of hydrogen-bond acceptors (Lipinski definition) is 5. The highest BCUT2D eigenvalue weighted by Crippen LogP contribution is 2.25. The molecule has 1 aliphatic rings. The third kappa shape index (κ3) is 3.94. The lowest BCUT2D eigenvalue weighted by Gasteiger charge is -2.35. The van der Waals surface area contributed by atoms with Crippen molar-refractivity contribution >= 4 is 15.7 Å². The van der Waals surface area contributed by atoms with Gasteiger partial charge in [-0.1, -0.05) is 6.07 Å². The molecule has 0 spiro atoms. The zero-order valence-electron chi connectivity index (χ0n) is 15.1. The van der Waals surface area contributed by atoms with Crippen molar-refractivity contribution in [3.63, 3.8) is 0 Å². The van der Waals surface area contributed by atoms with Gasteiger partial charge < -0.3 is 14.4 Å². The second kappa shape index (κ2) is 7.97. The summed E-state index contributed by atoms with van der Waals surface area (Å²) in [6.07, 6.45) is 0. The first-order valence-corrected chi connectivity index (χ1v) is 10.1. The minimum Gasteiger partial charge on any atom is -0.497 e. The molecule has 0 unspecified atom stereocenters. The van der Waals surface area contributed by atoms with Crippen LogP contribution in [0.1, 0.15) is 6.92 Å². The third-order valence-electron chi connectivity index (χ3n) is 4.43. The number of rotatable bonds is 6. The molecule has 1 fully saturated rings. The van der Waals surface area contributed by atoms with Crippen LogP contribution in [0.5, 0.6) is 11.5 Å². The van der Waals surface area contributed by atoms with Gasteiger partial charge in [0.1, 0.15) is 11.5 Å². The first-order chi connectivity index (χ1) is 12.5. The fourth-order valence-electron chi connectivity index (χ4n) is 3.02. The van der Waals surface area contributed by atoms with Crippen LogP contribution in [0.2, 0.25) is 0 Å². The van der Waals surface area contributed by atoms with Gasteiger partial charge in [0.05, 0.1) is 18.6 Å². The van der Waals surface area contributed by atoms with Gasteiger partial charge in [0, 0.05) is 37.9 Å². The van der Waals surface area contributed by atoms with Crippen LogP contribution in [-0.2, 0) is 10.0 Å². The average molecular weight is 376 g/mol. The lowest BCUT2D eigenvalue weighted by atomic mass is 10.2. The van der Waals surface area contributed by atoms with E-state index in [4.69, 9.17) is 9.47 Å². The molecule has 7 heteroatoms. The van der Waals surface area contributed by atoms with Crippen LogP contribution in [0, 0.1) is 0 Å². The zero-order chi connectivity index (χ0) is 18.6. The van der Waals surface area contributed by atoms with Crippen LogP contribution in [0.4, 0.5) is 5.69 Å². The Morgan fingerprint density at radius 2 is 1.65 bits per heavy atom. The molecule has 0 aromatic heterocycles. The summed E-state index contributed by atoms with van der Waals surface area (Å²) >= 11 is 0. The summed E-state index contributed by atoms with van der Waals surface area (Å²) in [5.74, 6) is 1.47. The van der Waals surface area contributed by atoms with E-state index in [9.17, 15) is 8.42 Å². The molecule has 0 N–H and O–H groups in total. The first-order valence-electron chi connectivity index (χ1n) is 8.66. The van der Waals surface area contributed by atoms with Crippen molar-refractivity contribution < 1.29 is 17.9 Å². The van der Waals surface area contributed by atoms with E-state index in [1.165, 1.54) is 0 Å². The van der Waals surface area contributed by atoms with Crippen molar-refractivity contribution in [2.75, 3.05) is 44.8 Å². The average Bonchev–Trinajstić information content (AvgIpc) is 2.69. The normalized spacial score (nSPS) is 15.7. The van der Waals surface area contributed by atoms with Crippen LogP contribution in [0.25, 0.3) is 0 Å². The maximum atomic E-state index is 12.8. The molecule has 6 nitrogen and oxygen atoms in total. The minimum absolute atomic E-state index is 0.302. The largest absolute Gasteiger partial charge is 0.497 e. The zero-order valence-corrected chi connectivity index (χ0v) is 15.9. The van der Waals surface area contributed by atoms with Crippen LogP contribution < -0.4 is 14.4 Å². The summed E-state index contributed by atoms with van der Waals surface area (Å²) in [5.41, 5.74) is 1.04. The Balaban J connectivity index is 1.68. The number of methoxy groups -OCH3 is 1. The monoisotopic (exact) mass is 376 g/mol. The maximum Gasteiger partial charge on any atom is 0.243 e. The molecule has 1 heterocycles. The van der Waals surface area contributed by atoms with Crippen molar-refractivity contribution in [2.45, 2.75) is 11.8 Å². The summed E-state index contributed by atoms with van der Waals surface area (Å²) in [5, 5.41) is 0. The van der Waals surface area contributed by atoms with Gasteiger partial charge in [0.15, 0.2) is 0 Å². The van der Waals surface area contributed by atoms with Crippen molar-refractivity contribution in [2.24, 2.45) is 0 Å². The Labute approximate surface area is 155 Å².